The smallest absolute Gasteiger partial charge is 0.335 e. The van der Waals surface area contributed by atoms with Crippen LogP contribution in [-0.4, -0.2) is 28.1 Å². The van der Waals surface area contributed by atoms with Gasteiger partial charge in [-0.25, -0.2) is 9.78 Å². The number of rotatable bonds is 3. The highest BCUT2D eigenvalue weighted by molar-refractivity contribution is 6.11. The van der Waals surface area contributed by atoms with Gasteiger partial charge < -0.3 is 10.0 Å². The van der Waals surface area contributed by atoms with E-state index in [1.807, 2.05) is 48.3 Å². The predicted molar refractivity (Wildman–Crippen MR) is 98.5 cm³/mol. The first-order chi connectivity index (χ1) is 12.1. The Morgan fingerprint density at radius 2 is 1.80 bits per heavy atom. The van der Waals surface area contributed by atoms with Crippen LogP contribution in [0.1, 0.15) is 10.4 Å². The lowest BCUT2D eigenvalue weighted by Crippen LogP contribution is -2.12. The van der Waals surface area contributed by atoms with Crippen LogP contribution in [0.25, 0.3) is 21.7 Å². The monoisotopic (exact) mass is 329 g/mol. The van der Waals surface area contributed by atoms with E-state index in [1.165, 1.54) is 0 Å². The highest BCUT2D eigenvalue weighted by Crippen LogP contribution is 2.33. The van der Waals surface area contributed by atoms with Gasteiger partial charge in [0.25, 0.3) is 0 Å². The summed E-state index contributed by atoms with van der Waals surface area (Å²) in [5.41, 5.74) is 1.86. The third-order valence-corrected chi connectivity index (χ3v) is 4.28. The van der Waals surface area contributed by atoms with E-state index < -0.39 is 5.97 Å². The highest BCUT2D eigenvalue weighted by Gasteiger charge is 2.14. The van der Waals surface area contributed by atoms with Gasteiger partial charge in [-0.05, 0) is 30.3 Å². The fraction of sp³-hybridized carbons (Fsp3) is 0.0500. The van der Waals surface area contributed by atoms with Crippen LogP contribution in [0.4, 0.5) is 11.5 Å². The molecule has 0 bridgehead atoms. The Labute approximate surface area is 144 Å². The third kappa shape index (κ3) is 2.55. The van der Waals surface area contributed by atoms with Crippen LogP contribution < -0.4 is 4.90 Å². The molecular formula is C20H15N3O2. The van der Waals surface area contributed by atoms with Crippen LogP contribution in [0.5, 0.6) is 0 Å². The van der Waals surface area contributed by atoms with Crippen LogP contribution in [-0.2, 0) is 0 Å². The van der Waals surface area contributed by atoms with Gasteiger partial charge in [0, 0.05) is 41.3 Å². The van der Waals surface area contributed by atoms with Gasteiger partial charge in [-0.2, -0.15) is 0 Å². The molecule has 0 aliphatic heterocycles. The number of carboxylic acid groups (broad SMARTS) is 1. The molecule has 0 unspecified atom stereocenters. The number of aromatic carboxylic acids is 1. The van der Waals surface area contributed by atoms with Crippen molar-refractivity contribution < 1.29 is 9.90 Å². The van der Waals surface area contributed by atoms with Crippen molar-refractivity contribution in [1.82, 2.24) is 9.97 Å². The molecule has 2 aromatic heterocycles. The van der Waals surface area contributed by atoms with E-state index >= 15 is 0 Å². The molecular weight excluding hydrogens is 314 g/mol. The molecule has 0 saturated carbocycles. The summed E-state index contributed by atoms with van der Waals surface area (Å²) in [5, 5.41) is 12.1. The number of para-hydroxylation sites is 1. The number of aromatic nitrogens is 2. The summed E-state index contributed by atoms with van der Waals surface area (Å²) < 4.78 is 0. The van der Waals surface area contributed by atoms with Gasteiger partial charge >= 0.3 is 5.97 Å². The van der Waals surface area contributed by atoms with E-state index in [4.69, 9.17) is 4.98 Å². The largest absolute Gasteiger partial charge is 0.478 e. The maximum atomic E-state index is 11.3. The normalized spacial score (nSPS) is 10.9. The van der Waals surface area contributed by atoms with E-state index in [1.54, 1.807) is 30.6 Å². The van der Waals surface area contributed by atoms with E-state index in [2.05, 4.69) is 4.98 Å². The standard InChI is InChI=1S/C20H15N3O2/c1-23(14-5-3-2-4-6-14)19-16-9-10-21-12-17(16)15-8-7-13(20(24)25)11-18(15)22-19/h2-12H,1H3,(H,24,25). The molecule has 0 spiro atoms. The van der Waals surface area contributed by atoms with Gasteiger partial charge in [0.1, 0.15) is 5.82 Å². The Morgan fingerprint density at radius 3 is 2.56 bits per heavy atom. The zero-order valence-corrected chi connectivity index (χ0v) is 13.5. The average Bonchev–Trinajstić information content (AvgIpc) is 2.67. The molecule has 0 amide bonds. The van der Waals surface area contributed by atoms with Crippen LogP contribution in [0.2, 0.25) is 0 Å². The first-order valence-electron chi connectivity index (χ1n) is 7.85. The van der Waals surface area contributed by atoms with Crippen LogP contribution in [0.3, 0.4) is 0 Å². The minimum atomic E-state index is -0.965. The van der Waals surface area contributed by atoms with E-state index in [9.17, 15) is 9.90 Å². The van der Waals surface area contributed by atoms with Gasteiger partial charge in [0.15, 0.2) is 0 Å². The molecule has 0 radical (unpaired) electrons. The van der Waals surface area contributed by atoms with Crippen LogP contribution in [0, 0.1) is 0 Å². The summed E-state index contributed by atoms with van der Waals surface area (Å²) in [6, 6.07) is 16.8. The number of fused-ring (bicyclic) bond motifs is 3. The first-order valence-corrected chi connectivity index (χ1v) is 7.85. The Hall–Kier alpha value is -3.47. The molecule has 25 heavy (non-hydrogen) atoms. The second-order valence-corrected chi connectivity index (χ2v) is 5.79. The Balaban J connectivity index is 2.03. The van der Waals surface area contributed by atoms with Crippen molar-refractivity contribution >= 4 is 39.1 Å². The number of anilines is 2. The number of hydrogen-bond donors (Lipinski definition) is 1. The molecule has 5 heteroatoms. The summed E-state index contributed by atoms with van der Waals surface area (Å²) in [7, 11) is 1.95. The minimum Gasteiger partial charge on any atom is -0.478 e. The number of hydrogen-bond acceptors (Lipinski definition) is 4. The van der Waals surface area contributed by atoms with Crippen molar-refractivity contribution in [1.29, 1.82) is 0 Å². The van der Waals surface area contributed by atoms with Crippen molar-refractivity contribution in [3.8, 4) is 0 Å². The van der Waals surface area contributed by atoms with Crippen molar-refractivity contribution in [2.24, 2.45) is 0 Å². The zero-order chi connectivity index (χ0) is 17.4. The van der Waals surface area contributed by atoms with E-state index in [-0.39, 0.29) is 5.56 Å². The molecule has 0 fully saturated rings. The number of carbonyl (C=O) groups is 1. The number of nitrogens with zero attached hydrogens (tertiary/aromatic N) is 3. The molecule has 122 valence electrons. The lowest BCUT2D eigenvalue weighted by atomic mass is 10.1. The van der Waals surface area contributed by atoms with Crippen LogP contribution >= 0.6 is 0 Å². The summed E-state index contributed by atoms with van der Waals surface area (Å²) >= 11 is 0. The SMILES string of the molecule is CN(c1ccccc1)c1nc2cc(C(=O)O)ccc2c2cnccc12. The van der Waals surface area contributed by atoms with Gasteiger partial charge in [-0.15, -0.1) is 0 Å². The minimum absolute atomic E-state index is 0.219. The molecule has 0 aliphatic carbocycles. The van der Waals surface area contributed by atoms with E-state index in [0.29, 0.717) is 5.52 Å². The summed E-state index contributed by atoms with van der Waals surface area (Å²) in [6.45, 7) is 0. The predicted octanol–water partition coefficient (Wildman–Crippen LogP) is 4.25. The lowest BCUT2D eigenvalue weighted by molar-refractivity contribution is 0.0697. The quantitative estimate of drug-likeness (QED) is 0.569. The maximum absolute atomic E-state index is 11.3. The Kier molecular flexibility index (Phi) is 3.54. The second-order valence-electron chi connectivity index (χ2n) is 5.79. The third-order valence-electron chi connectivity index (χ3n) is 4.28. The summed E-state index contributed by atoms with van der Waals surface area (Å²) in [5.74, 6) is -0.202. The van der Waals surface area contributed by atoms with Crippen molar-refractivity contribution in [2.45, 2.75) is 0 Å². The first kappa shape index (κ1) is 15.1. The average molecular weight is 329 g/mol. The van der Waals surface area contributed by atoms with Gasteiger partial charge in [-0.1, -0.05) is 24.3 Å². The molecule has 2 heterocycles. The van der Waals surface area contributed by atoms with Gasteiger partial charge in [0.05, 0.1) is 11.1 Å². The molecule has 0 atom stereocenters. The van der Waals surface area contributed by atoms with Crippen molar-refractivity contribution in [3.05, 3.63) is 72.6 Å². The fourth-order valence-corrected chi connectivity index (χ4v) is 2.99. The Bertz CT molecular complexity index is 1090. The molecule has 4 rings (SSSR count). The Morgan fingerprint density at radius 1 is 1.00 bits per heavy atom. The number of pyridine rings is 2. The maximum Gasteiger partial charge on any atom is 0.335 e. The lowest BCUT2D eigenvalue weighted by Gasteiger charge is -2.21. The molecule has 5 nitrogen and oxygen atoms in total. The molecule has 1 N–H and O–H groups in total. The van der Waals surface area contributed by atoms with Crippen molar-refractivity contribution in [2.75, 3.05) is 11.9 Å². The molecule has 4 aromatic rings. The fourth-order valence-electron chi connectivity index (χ4n) is 2.99. The number of benzene rings is 2. The van der Waals surface area contributed by atoms with Crippen molar-refractivity contribution in [3.63, 3.8) is 0 Å². The summed E-state index contributed by atoms with van der Waals surface area (Å²) in [4.78, 5) is 22.3. The summed E-state index contributed by atoms with van der Waals surface area (Å²) in [6.07, 6.45) is 3.53. The molecule has 2 aromatic carbocycles. The van der Waals surface area contributed by atoms with Crippen LogP contribution in [0.15, 0.2) is 67.0 Å². The topological polar surface area (TPSA) is 66.3 Å². The van der Waals surface area contributed by atoms with Gasteiger partial charge in [-0.3, -0.25) is 4.98 Å². The van der Waals surface area contributed by atoms with E-state index in [0.717, 1.165) is 27.7 Å². The zero-order valence-electron chi connectivity index (χ0n) is 13.5. The molecule has 0 aliphatic rings. The highest BCUT2D eigenvalue weighted by atomic mass is 16.4. The molecule has 0 saturated heterocycles. The second kappa shape index (κ2) is 5.87. The van der Waals surface area contributed by atoms with Gasteiger partial charge in [0.2, 0.25) is 0 Å². The number of carboxylic acids is 1.